The first kappa shape index (κ1) is 16.4. The van der Waals surface area contributed by atoms with E-state index in [-0.39, 0.29) is 6.42 Å². The molecule has 1 saturated heterocycles. The quantitative estimate of drug-likeness (QED) is 0.548. The Morgan fingerprint density at radius 3 is 2.27 bits per heavy atom. The molecule has 0 spiro atoms. The van der Waals surface area contributed by atoms with Crippen LogP contribution in [0.15, 0.2) is 30.3 Å². The van der Waals surface area contributed by atoms with Gasteiger partial charge in [0.2, 0.25) is 5.91 Å². The molecule has 1 aromatic rings. The van der Waals surface area contributed by atoms with E-state index < -0.39 is 37.1 Å². The number of nitrogens with one attached hydrogen (secondary N) is 1. The van der Waals surface area contributed by atoms with Gasteiger partial charge in [-0.25, -0.2) is 4.79 Å². The van der Waals surface area contributed by atoms with Gasteiger partial charge in [0.15, 0.2) is 5.41 Å². The van der Waals surface area contributed by atoms with Gasteiger partial charge >= 0.3 is 13.6 Å². The molecule has 118 valence electrons. The molecule has 1 heterocycles. The molecule has 22 heavy (non-hydrogen) atoms. The summed E-state index contributed by atoms with van der Waals surface area (Å²) in [6.45, 7) is 1.59. The summed E-state index contributed by atoms with van der Waals surface area (Å²) in [6, 6.07) is 6.97. The zero-order valence-electron chi connectivity index (χ0n) is 11.7. The van der Waals surface area contributed by atoms with E-state index in [0.717, 1.165) is 0 Å². The van der Waals surface area contributed by atoms with E-state index in [1.807, 2.05) is 5.32 Å². The van der Waals surface area contributed by atoms with E-state index in [4.69, 9.17) is 9.79 Å². The third kappa shape index (κ3) is 2.68. The smallest absolute Gasteiger partial charge is 0.323 e. The summed E-state index contributed by atoms with van der Waals surface area (Å²) in [4.78, 5) is 55.2. The van der Waals surface area contributed by atoms with Crippen LogP contribution in [0.2, 0.25) is 0 Å². The molecule has 1 aliphatic heterocycles. The van der Waals surface area contributed by atoms with Crippen LogP contribution in [0.1, 0.15) is 18.9 Å². The number of hydrogen-bond donors (Lipinski definition) is 3. The van der Waals surface area contributed by atoms with E-state index in [9.17, 15) is 18.9 Å². The van der Waals surface area contributed by atoms with Gasteiger partial charge in [-0.3, -0.25) is 24.4 Å². The maximum Gasteiger partial charge on any atom is 0.345 e. The summed E-state index contributed by atoms with van der Waals surface area (Å²) < 4.78 is 11.1. The molecule has 1 aliphatic rings. The van der Waals surface area contributed by atoms with Crippen molar-refractivity contribution >= 4 is 25.4 Å². The van der Waals surface area contributed by atoms with Gasteiger partial charge in [-0.05, 0) is 12.0 Å². The van der Waals surface area contributed by atoms with Crippen molar-refractivity contribution in [3.05, 3.63) is 35.9 Å². The molecule has 8 nitrogen and oxygen atoms in total. The van der Waals surface area contributed by atoms with Gasteiger partial charge in [0.25, 0.3) is 5.91 Å². The predicted molar refractivity (Wildman–Crippen MR) is 75.7 cm³/mol. The highest BCUT2D eigenvalue weighted by atomic mass is 31.2. The van der Waals surface area contributed by atoms with Crippen LogP contribution in [0.4, 0.5) is 4.79 Å². The maximum absolute atomic E-state index is 12.7. The van der Waals surface area contributed by atoms with Crippen LogP contribution in [-0.2, 0) is 19.6 Å². The molecular formula is C13H15N2O6P. The Hall–Kier alpha value is -2.02. The highest BCUT2D eigenvalue weighted by molar-refractivity contribution is 7.51. The summed E-state index contributed by atoms with van der Waals surface area (Å²) in [6.07, 6.45) is -1.02. The number of benzene rings is 1. The topological polar surface area (TPSA) is 124 Å². The normalized spacial score (nSPS) is 22.7. The van der Waals surface area contributed by atoms with Gasteiger partial charge in [-0.15, -0.1) is 0 Å². The molecule has 0 bridgehead atoms. The summed E-state index contributed by atoms with van der Waals surface area (Å²) in [5.74, 6) is -1.73. The third-order valence-corrected chi connectivity index (χ3v) is 4.24. The number of amides is 4. The average Bonchev–Trinajstić information content (AvgIpc) is 2.45. The largest absolute Gasteiger partial charge is 0.345 e. The van der Waals surface area contributed by atoms with E-state index >= 15 is 0 Å². The third-order valence-electron chi connectivity index (χ3n) is 3.59. The molecule has 0 saturated carbocycles. The minimum atomic E-state index is -4.65. The second-order valence-electron chi connectivity index (χ2n) is 4.92. The van der Waals surface area contributed by atoms with Crippen LogP contribution in [0.25, 0.3) is 0 Å². The van der Waals surface area contributed by atoms with Crippen LogP contribution in [0, 0.1) is 0 Å². The number of carbonyl (C=O) groups is 3. The molecule has 0 unspecified atom stereocenters. The minimum Gasteiger partial charge on any atom is -0.323 e. The van der Waals surface area contributed by atoms with Crippen molar-refractivity contribution in [2.45, 2.75) is 18.8 Å². The summed E-state index contributed by atoms with van der Waals surface area (Å²) in [5, 5.41) is 2.01. The Morgan fingerprint density at radius 1 is 1.18 bits per heavy atom. The highest BCUT2D eigenvalue weighted by Crippen LogP contribution is 2.39. The van der Waals surface area contributed by atoms with Gasteiger partial charge in [0.1, 0.15) is 6.29 Å². The molecule has 1 atom stereocenters. The van der Waals surface area contributed by atoms with E-state index in [1.165, 1.54) is 0 Å². The molecule has 3 N–H and O–H groups in total. The van der Waals surface area contributed by atoms with Crippen molar-refractivity contribution < 1.29 is 28.7 Å². The monoisotopic (exact) mass is 326 g/mol. The lowest BCUT2D eigenvalue weighted by atomic mass is 9.75. The predicted octanol–water partition coefficient (Wildman–Crippen LogP) is 0.548. The summed E-state index contributed by atoms with van der Waals surface area (Å²) >= 11 is 0. The lowest BCUT2D eigenvalue weighted by Crippen LogP contribution is -2.65. The van der Waals surface area contributed by atoms with Crippen LogP contribution < -0.4 is 5.32 Å². The molecule has 9 heteroatoms. The van der Waals surface area contributed by atoms with Crippen molar-refractivity contribution in [2.24, 2.45) is 0 Å². The Kier molecular flexibility index (Phi) is 4.19. The van der Waals surface area contributed by atoms with Gasteiger partial charge < -0.3 is 9.79 Å². The first-order valence-electron chi connectivity index (χ1n) is 6.50. The SMILES string of the molecule is CC[C@@]1(c2ccccc2)C(=O)NC(=O)N(CP(=O)(O)O)C1=O. The van der Waals surface area contributed by atoms with Gasteiger partial charge in [0.05, 0.1) is 0 Å². The Bertz CT molecular complexity index is 670. The lowest BCUT2D eigenvalue weighted by Gasteiger charge is -2.38. The highest BCUT2D eigenvalue weighted by Gasteiger charge is 2.54. The van der Waals surface area contributed by atoms with Crippen LogP contribution in [0.5, 0.6) is 0 Å². The Balaban J connectivity index is 2.53. The standard InChI is InChI=1S/C13H15N2O6P/c1-2-13(9-6-4-3-5-7-9)10(16)14-12(18)15(11(13)17)8-22(19,20)21/h3-7H,2,8H2,1H3,(H,14,16,18)(H2,19,20,21)/t13-/m1/s1. The van der Waals surface area contributed by atoms with E-state index in [0.29, 0.717) is 10.5 Å². The number of carbonyl (C=O) groups excluding carboxylic acids is 3. The molecule has 0 aromatic heterocycles. The van der Waals surface area contributed by atoms with Crippen LogP contribution in [0.3, 0.4) is 0 Å². The van der Waals surface area contributed by atoms with Crippen LogP contribution in [-0.4, -0.2) is 38.8 Å². The number of imide groups is 2. The maximum atomic E-state index is 12.7. The van der Waals surface area contributed by atoms with Crippen molar-refractivity contribution in [3.63, 3.8) is 0 Å². The molecular weight excluding hydrogens is 311 g/mol. The van der Waals surface area contributed by atoms with Gasteiger partial charge in [-0.2, -0.15) is 0 Å². The number of nitrogens with zero attached hydrogens (tertiary/aromatic N) is 1. The van der Waals surface area contributed by atoms with Crippen molar-refractivity contribution in [1.29, 1.82) is 0 Å². The summed E-state index contributed by atoms with van der Waals surface area (Å²) in [5.41, 5.74) is -1.31. The van der Waals surface area contributed by atoms with Crippen LogP contribution >= 0.6 is 7.60 Å². The first-order chi connectivity index (χ1) is 10.2. The fourth-order valence-corrected chi connectivity index (χ4v) is 3.12. The Morgan fingerprint density at radius 2 is 1.77 bits per heavy atom. The minimum absolute atomic E-state index is 0.0482. The fourth-order valence-electron chi connectivity index (χ4n) is 2.50. The Labute approximate surface area is 126 Å². The molecule has 1 fully saturated rings. The number of barbiturate groups is 1. The lowest BCUT2D eigenvalue weighted by molar-refractivity contribution is -0.145. The molecule has 2 rings (SSSR count). The molecule has 4 amide bonds. The second-order valence-corrected chi connectivity index (χ2v) is 6.54. The molecule has 0 aliphatic carbocycles. The van der Waals surface area contributed by atoms with Gasteiger partial charge in [0, 0.05) is 0 Å². The number of hydrogen-bond acceptors (Lipinski definition) is 4. The zero-order valence-corrected chi connectivity index (χ0v) is 12.6. The average molecular weight is 326 g/mol. The molecule has 1 aromatic carbocycles. The van der Waals surface area contributed by atoms with E-state index in [2.05, 4.69) is 0 Å². The zero-order chi connectivity index (χ0) is 16.5. The number of urea groups is 1. The van der Waals surface area contributed by atoms with E-state index in [1.54, 1.807) is 37.3 Å². The second kappa shape index (κ2) is 5.64. The van der Waals surface area contributed by atoms with Gasteiger partial charge in [-0.1, -0.05) is 37.3 Å². The van der Waals surface area contributed by atoms with Crippen molar-refractivity contribution in [1.82, 2.24) is 10.2 Å². The molecule has 0 radical (unpaired) electrons. The number of rotatable bonds is 4. The van der Waals surface area contributed by atoms with Crippen molar-refractivity contribution in [3.8, 4) is 0 Å². The first-order valence-corrected chi connectivity index (χ1v) is 8.29. The van der Waals surface area contributed by atoms with Crippen molar-refractivity contribution in [2.75, 3.05) is 6.29 Å². The fraction of sp³-hybridized carbons (Fsp3) is 0.308. The summed E-state index contributed by atoms with van der Waals surface area (Å²) in [7, 11) is -4.65.